The zero-order chi connectivity index (χ0) is 20.1. The van der Waals surface area contributed by atoms with Crippen LogP contribution in [0.15, 0.2) is 78.9 Å². The van der Waals surface area contributed by atoms with Gasteiger partial charge in [-0.15, -0.1) is 0 Å². The summed E-state index contributed by atoms with van der Waals surface area (Å²) in [6.07, 6.45) is 2.31. The van der Waals surface area contributed by atoms with E-state index in [4.69, 9.17) is 5.73 Å². The predicted octanol–water partition coefficient (Wildman–Crippen LogP) is 4.92. The van der Waals surface area contributed by atoms with Gasteiger partial charge in [0.05, 0.1) is 6.04 Å². The van der Waals surface area contributed by atoms with Gasteiger partial charge in [0.1, 0.15) is 0 Å². The second kappa shape index (κ2) is 9.25. The molecule has 3 aromatic carbocycles. The van der Waals surface area contributed by atoms with Crippen LogP contribution in [0.2, 0.25) is 0 Å². The van der Waals surface area contributed by atoms with Crippen LogP contribution in [-0.2, 0) is 6.54 Å². The molecule has 1 aliphatic rings. The number of rotatable bonds is 6. The van der Waals surface area contributed by atoms with E-state index in [9.17, 15) is 0 Å². The molecule has 4 rings (SSSR count). The van der Waals surface area contributed by atoms with Crippen molar-refractivity contribution >= 4 is 5.69 Å². The molecular formula is C26H31N3. The van der Waals surface area contributed by atoms with Crippen LogP contribution in [0.4, 0.5) is 5.69 Å². The number of nitrogens with two attached hydrogens (primary N) is 1. The summed E-state index contributed by atoms with van der Waals surface area (Å²) in [7, 11) is 0. The summed E-state index contributed by atoms with van der Waals surface area (Å²) >= 11 is 0. The van der Waals surface area contributed by atoms with Crippen molar-refractivity contribution in [3.05, 3.63) is 101 Å². The highest BCUT2D eigenvalue weighted by molar-refractivity contribution is 5.51. The number of likely N-dealkylation sites (tertiary alicyclic amines) is 1. The largest absolute Gasteiger partial charge is 0.398 e. The number of benzene rings is 3. The van der Waals surface area contributed by atoms with Crippen molar-refractivity contribution in [1.29, 1.82) is 0 Å². The monoisotopic (exact) mass is 385 g/mol. The van der Waals surface area contributed by atoms with E-state index in [0.717, 1.165) is 38.2 Å². The van der Waals surface area contributed by atoms with E-state index in [1.54, 1.807) is 0 Å². The number of nitrogens with zero attached hydrogens (tertiary/aromatic N) is 1. The molecule has 0 aromatic heterocycles. The molecule has 0 radical (unpaired) electrons. The van der Waals surface area contributed by atoms with Crippen LogP contribution in [0.25, 0.3) is 0 Å². The number of nitrogen functional groups attached to an aromatic ring is 1. The quantitative estimate of drug-likeness (QED) is 0.592. The lowest BCUT2D eigenvalue weighted by Crippen LogP contribution is -2.43. The third-order valence-electron chi connectivity index (χ3n) is 5.92. The minimum absolute atomic E-state index is 0.130. The summed E-state index contributed by atoms with van der Waals surface area (Å²) in [5.74, 6) is 0. The Bertz CT molecular complexity index is 914. The molecule has 3 aromatic rings. The van der Waals surface area contributed by atoms with E-state index < -0.39 is 0 Å². The van der Waals surface area contributed by atoms with Crippen molar-refractivity contribution in [2.75, 3.05) is 18.8 Å². The Morgan fingerprint density at radius 3 is 2.38 bits per heavy atom. The first kappa shape index (κ1) is 19.7. The number of hydrogen-bond donors (Lipinski definition) is 2. The van der Waals surface area contributed by atoms with Gasteiger partial charge < -0.3 is 11.1 Å². The maximum atomic E-state index is 6.34. The SMILES string of the molecule is Cc1cccc(CN2CCC(NC(c3ccccc3)c3ccccc3N)CC2)c1. The molecule has 0 spiro atoms. The molecule has 0 saturated carbocycles. The highest BCUT2D eigenvalue weighted by Gasteiger charge is 2.24. The highest BCUT2D eigenvalue weighted by atomic mass is 15.1. The van der Waals surface area contributed by atoms with E-state index in [1.165, 1.54) is 22.3 Å². The molecule has 1 saturated heterocycles. The van der Waals surface area contributed by atoms with Gasteiger partial charge in [-0.1, -0.05) is 78.4 Å². The Balaban J connectivity index is 1.42. The third kappa shape index (κ3) is 5.06. The van der Waals surface area contributed by atoms with Gasteiger partial charge in [-0.2, -0.15) is 0 Å². The molecular weight excluding hydrogens is 354 g/mol. The molecule has 1 fully saturated rings. The first-order chi connectivity index (χ1) is 14.2. The molecule has 0 aliphatic carbocycles. The maximum absolute atomic E-state index is 6.34. The van der Waals surface area contributed by atoms with Gasteiger partial charge in [0.25, 0.3) is 0 Å². The van der Waals surface area contributed by atoms with Crippen molar-refractivity contribution in [3.63, 3.8) is 0 Å². The number of para-hydroxylation sites is 1. The molecule has 3 N–H and O–H groups in total. The van der Waals surface area contributed by atoms with E-state index in [-0.39, 0.29) is 6.04 Å². The fourth-order valence-electron chi connectivity index (χ4n) is 4.35. The number of piperidine rings is 1. The number of nitrogens with one attached hydrogen (secondary N) is 1. The Morgan fingerprint density at radius 2 is 1.66 bits per heavy atom. The van der Waals surface area contributed by atoms with E-state index in [0.29, 0.717) is 6.04 Å². The van der Waals surface area contributed by atoms with Gasteiger partial charge in [0.2, 0.25) is 0 Å². The smallest absolute Gasteiger partial charge is 0.0599 e. The standard InChI is InChI=1S/C26H31N3/c1-20-8-7-9-21(18-20)19-29-16-14-23(15-17-29)28-26(22-10-3-2-4-11-22)24-12-5-6-13-25(24)27/h2-13,18,23,26,28H,14-17,19,27H2,1H3. The molecule has 0 amide bonds. The Labute approximate surface area is 174 Å². The zero-order valence-electron chi connectivity index (χ0n) is 17.2. The van der Waals surface area contributed by atoms with Gasteiger partial charge in [-0.3, -0.25) is 4.90 Å². The molecule has 150 valence electrons. The number of anilines is 1. The summed E-state index contributed by atoms with van der Waals surface area (Å²) in [6.45, 7) is 5.45. The van der Waals surface area contributed by atoms with Gasteiger partial charge in [0.15, 0.2) is 0 Å². The summed E-state index contributed by atoms with van der Waals surface area (Å²) in [5.41, 5.74) is 12.4. The molecule has 1 atom stereocenters. The van der Waals surface area contributed by atoms with Crippen LogP contribution >= 0.6 is 0 Å². The topological polar surface area (TPSA) is 41.3 Å². The van der Waals surface area contributed by atoms with Crippen LogP contribution in [-0.4, -0.2) is 24.0 Å². The molecule has 1 aliphatic heterocycles. The Kier molecular flexibility index (Phi) is 6.28. The zero-order valence-corrected chi connectivity index (χ0v) is 17.2. The minimum atomic E-state index is 0.130. The first-order valence-corrected chi connectivity index (χ1v) is 10.6. The molecule has 1 heterocycles. The fourth-order valence-corrected chi connectivity index (χ4v) is 4.35. The lowest BCUT2D eigenvalue weighted by Gasteiger charge is -2.35. The van der Waals surface area contributed by atoms with Gasteiger partial charge in [-0.05, 0) is 55.6 Å². The lowest BCUT2D eigenvalue weighted by molar-refractivity contribution is 0.187. The average molecular weight is 386 g/mol. The van der Waals surface area contributed by atoms with Crippen LogP contribution in [0.1, 0.15) is 41.1 Å². The Hall–Kier alpha value is -2.62. The van der Waals surface area contributed by atoms with Crippen LogP contribution in [0, 0.1) is 6.92 Å². The second-order valence-electron chi connectivity index (χ2n) is 8.18. The summed E-state index contributed by atoms with van der Waals surface area (Å²) in [6, 6.07) is 28.4. The first-order valence-electron chi connectivity index (χ1n) is 10.6. The van der Waals surface area contributed by atoms with Crippen molar-refractivity contribution in [3.8, 4) is 0 Å². The second-order valence-corrected chi connectivity index (χ2v) is 8.18. The summed E-state index contributed by atoms with van der Waals surface area (Å²) in [5, 5.41) is 3.92. The van der Waals surface area contributed by atoms with Crippen molar-refractivity contribution in [1.82, 2.24) is 10.2 Å². The van der Waals surface area contributed by atoms with Crippen LogP contribution in [0.5, 0.6) is 0 Å². The van der Waals surface area contributed by atoms with Crippen LogP contribution in [0.3, 0.4) is 0 Å². The number of aryl methyl sites for hydroxylation is 1. The molecule has 29 heavy (non-hydrogen) atoms. The minimum Gasteiger partial charge on any atom is -0.398 e. The molecule has 3 nitrogen and oxygen atoms in total. The van der Waals surface area contributed by atoms with Crippen molar-refractivity contribution < 1.29 is 0 Å². The number of hydrogen-bond acceptors (Lipinski definition) is 3. The van der Waals surface area contributed by atoms with Crippen molar-refractivity contribution in [2.45, 2.75) is 38.4 Å². The maximum Gasteiger partial charge on any atom is 0.0599 e. The summed E-state index contributed by atoms with van der Waals surface area (Å²) < 4.78 is 0. The predicted molar refractivity (Wildman–Crippen MR) is 122 cm³/mol. The molecule has 0 bridgehead atoms. The van der Waals surface area contributed by atoms with Gasteiger partial charge >= 0.3 is 0 Å². The molecule has 1 unspecified atom stereocenters. The lowest BCUT2D eigenvalue weighted by atomic mass is 9.94. The van der Waals surface area contributed by atoms with Gasteiger partial charge in [0, 0.05) is 18.3 Å². The molecule has 3 heteroatoms. The summed E-state index contributed by atoms with van der Waals surface area (Å²) in [4.78, 5) is 2.57. The van der Waals surface area contributed by atoms with E-state index in [1.807, 2.05) is 12.1 Å². The van der Waals surface area contributed by atoms with E-state index >= 15 is 0 Å². The Morgan fingerprint density at radius 1 is 0.931 bits per heavy atom. The normalized spacial score (nSPS) is 16.6. The highest BCUT2D eigenvalue weighted by Crippen LogP contribution is 2.28. The average Bonchev–Trinajstić information content (AvgIpc) is 2.75. The van der Waals surface area contributed by atoms with Crippen molar-refractivity contribution in [2.24, 2.45) is 0 Å². The fraction of sp³-hybridized carbons (Fsp3) is 0.308. The third-order valence-corrected chi connectivity index (χ3v) is 5.92. The van der Waals surface area contributed by atoms with Gasteiger partial charge in [-0.25, -0.2) is 0 Å². The van der Waals surface area contributed by atoms with Crippen LogP contribution < -0.4 is 11.1 Å². The van der Waals surface area contributed by atoms with E-state index in [2.05, 4.69) is 83.9 Å².